The molecule has 1 aromatic rings. The molecule has 1 aliphatic heterocycles. The number of carbonyl (C=O) groups is 2. The minimum atomic E-state index is -1.48. The van der Waals surface area contributed by atoms with E-state index >= 15 is 0 Å². The summed E-state index contributed by atoms with van der Waals surface area (Å²) < 4.78 is 4.94. The van der Waals surface area contributed by atoms with Gasteiger partial charge in [0.15, 0.2) is 5.60 Å². The van der Waals surface area contributed by atoms with Gasteiger partial charge in [0.2, 0.25) is 5.91 Å². The summed E-state index contributed by atoms with van der Waals surface area (Å²) in [5, 5.41) is 10.4. The lowest BCUT2D eigenvalue weighted by molar-refractivity contribution is -0.171. The van der Waals surface area contributed by atoms with Crippen molar-refractivity contribution < 1.29 is 19.4 Å². The number of hydrogen-bond donors (Lipinski definition) is 1. The summed E-state index contributed by atoms with van der Waals surface area (Å²) in [6.07, 6.45) is 3.79. The third-order valence-electron chi connectivity index (χ3n) is 4.56. The van der Waals surface area contributed by atoms with E-state index in [2.05, 4.69) is 4.98 Å². The molecule has 1 saturated heterocycles. The van der Waals surface area contributed by atoms with Crippen molar-refractivity contribution in [1.29, 1.82) is 0 Å². The zero-order valence-electron chi connectivity index (χ0n) is 14.6. The van der Waals surface area contributed by atoms with Crippen LogP contribution in [0.4, 0.5) is 0 Å². The van der Waals surface area contributed by atoms with Gasteiger partial charge in [0, 0.05) is 38.3 Å². The van der Waals surface area contributed by atoms with Crippen molar-refractivity contribution in [2.24, 2.45) is 5.92 Å². The van der Waals surface area contributed by atoms with Gasteiger partial charge in [-0.15, -0.1) is 0 Å². The number of hydrogen-bond acceptors (Lipinski definition) is 5. The van der Waals surface area contributed by atoms with Crippen molar-refractivity contribution in [3.8, 4) is 0 Å². The maximum atomic E-state index is 13.0. The van der Waals surface area contributed by atoms with E-state index in [-0.39, 0.29) is 37.2 Å². The fourth-order valence-corrected chi connectivity index (χ4v) is 3.15. The summed E-state index contributed by atoms with van der Waals surface area (Å²) in [6, 6.07) is 3.73. The fourth-order valence-electron chi connectivity index (χ4n) is 3.15. The summed E-state index contributed by atoms with van der Waals surface area (Å²) in [7, 11) is 0. The van der Waals surface area contributed by atoms with E-state index in [4.69, 9.17) is 4.74 Å². The average molecular weight is 334 g/mol. The molecule has 24 heavy (non-hydrogen) atoms. The van der Waals surface area contributed by atoms with Crippen molar-refractivity contribution >= 4 is 11.9 Å². The van der Waals surface area contributed by atoms with E-state index in [9.17, 15) is 14.7 Å². The van der Waals surface area contributed by atoms with Gasteiger partial charge in [0.25, 0.3) is 0 Å². The zero-order valence-corrected chi connectivity index (χ0v) is 14.6. The van der Waals surface area contributed by atoms with E-state index in [1.165, 1.54) is 0 Å². The minimum Gasteiger partial charge on any atom is -0.464 e. The Labute approximate surface area is 142 Å². The molecule has 1 amide bonds. The predicted octanol–water partition coefficient (Wildman–Crippen LogP) is 1.74. The van der Waals surface area contributed by atoms with E-state index in [1.54, 1.807) is 24.2 Å². The van der Waals surface area contributed by atoms with Crippen LogP contribution in [0.25, 0.3) is 0 Å². The van der Waals surface area contributed by atoms with Gasteiger partial charge in [-0.2, -0.15) is 0 Å². The van der Waals surface area contributed by atoms with Crippen LogP contribution in [-0.4, -0.2) is 52.2 Å². The van der Waals surface area contributed by atoms with Crippen molar-refractivity contribution in [3.05, 3.63) is 30.1 Å². The number of aliphatic hydroxyl groups is 1. The summed E-state index contributed by atoms with van der Waals surface area (Å²) in [5.74, 6) is -0.665. The van der Waals surface area contributed by atoms with Gasteiger partial charge in [-0.1, -0.05) is 13.8 Å². The molecule has 1 fully saturated rings. The third-order valence-corrected chi connectivity index (χ3v) is 4.56. The molecule has 1 aliphatic rings. The van der Waals surface area contributed by atoms with Crippen LogP contribution in [-0.2, 0) is 14.3 Å². The summed E-state index contributed by atoms with van der Waals surface area (Å²) in [4.78, 5) is 30.6. The van der Waals surface area contributed by atoms with Crippen LogP contribution in [0.5, 0.6) is 0 Å². The Kier molecular flexibility index (Phi) is 5.94. The summed E-state index contributed by atoms with van der Waals surface area (Å²) in [6.45, 7) is 6.68. The first-order valence-electron chi connectivity index (χ1n) is 8.47. The lowest BCUT2D eigenvalue weighted by Crippen LogP contribution is -2.52. The Hall–Kier alpha value is -1.95. The lowest BCUT2D eigenvalue weighted by atomic mass is 9.85. The van der Waals surface area contributed by atoms with Crippen LogP contribution in [0, 0.1) is 5.92 Å². The Bertz CT molecular complexity index is 566. The van der Waals surface area contributed by atoms with Crippen molar-refractivity contribution in [3.63, 3.8) is 0 Å². The number of piperidine rings is 1. The highest BCUT2D eigenvalue weighted by Crippen LogP contribution is 2.30. The van der Waals surface area contributed by atoms with Crippen molar-refractivity contribution in [2.45, 2.75) is 45.1 Å². The van der Waals surface area contributed by atoms with Gasteiger partial charge in [0.1, 0.15) is 0 Å². The SMILES string of the molecule is CCOC(=O)C1(O)CCN(C(=O)C(c2ccncc2)C(C)C)CC1. The van der Waals surface area contributed by atoms with E-state index in [0.717, 1.165) is 5.56 Å². The Morgan fingerprint density at radius 2 is 1.88 bits per heavy atom. The second kappa shape index (κ2) is 7.75. The lowest BCUT2D eigenvalue weighted by Gasteiger charge is -2.38. The molecule has 1 aromatic heterocycles. The number of amides is 1. The Balaban J connectivity index is 2.07. The maximum Gasteiger partial charge on any atom is 0.338 e. The first kappa shape index (κ1) is 18.4. The normalized spacial score (nSPS) is 18.3. The van der Waals surface area contributed by atoms with Gasteiger partial charge < -0.3 is 14.7 Å². The number of likely N-dealkylation sites (tertiary alicyclic amines) is 1. The largest absolute Gasteiger partial charge is 0.464 e. The third kappa shape index (κ3) is 3.93. The molecule has 6 nitrogen and oxygen atoms in total. The van der Waals surface area contributed by atoms with Crippen LogP contribution >= 0.6 is 0 Å². The van der Waals surface area contributed by atoms with E-state index in [0.29, 0.717) is 13.1 Å². The quantitative estimate of drug-likeness (QED) is 0.830. The molecule has 0 radical (unpaired) electrons. The fraction of sp³-hybridized carbons (Fsp3) is 0.611. The standard InChI is InChI=1S/C18H26N2O4/c1-4-24-17(22)18(23)7-11-20(12-8-18)16(21)15(13(2)3)14-5-9-19-10-6-14/h5-6,9-10,13,15,23H,4,7-8,11-12H2,1-3H3. The van der Waals surface area contributed by atoms with Crippen molar-refractivity contribution in [1.82, 2.24) is 9.88 Å². The minimum absolute atomic E-state index is 0.0297. The highest BCUT2D eigenvalue weighted by atomic mass is 16.5. The molecular weight excluding hydrogens is 308 g/mol. The molecule has 132 valence electrons. The molecule has 2 rings (SSSR count). The van der Waals surface area contributed by atoms with Crippen LogP contribution in [0.1, 0.15) is 45.1 Å². The number of ether oxygens (including phenoxy) is 1. The number of esters is 1. The highest BCUT2D eigenvalue weighted by molar-refractivity contribution is 5.85. The van der Waals surface area contributed by atoms with Gasteiger partial charge in [-0.25, -0.2) is 4.79 Å². The van der Waals surface area contributed by atoms with Gasteiger partial charge >= 0.3 is 5.97 Å². The summed E-state index contributed by atoms with van der Waals surface area (Å²) in [5.41, 5.74) is -0.534. The Morgan fingerprint density at radius 3 is 2.38 bits per heavy atom. The first-order chi connectivity index (χ1) is 11.4. The predicted molar refractivity (Wildman–Crippen MR) is 89.2 cm³/mol. The first-order valence-corrected chi connectivity index (χ1v) is 8.47. The average Bonchev–Trinajstić information content (AvgIpc) is 2.56. The molecule has 0 saturated carbocycles. The number of carbonyl (C=O) groups excluding carboxylic acids is 2. The van der Waals surface area contributed by atoms with E-state index in [1.807, 2.05) is 26.0 Å². The number of rotatable bonds is 5. The molecule has 0 spiro atoms. The smallest absolute Gasteiger partial charge is 0.338 e. The van der Waals surface area contributed by atoms with E-state index < -0.39 is 11.6 Å². The van der Waals surface area contributed by atoms with Crippen LogP contribution in [0.2, 0.25) is 0 Å². The monoisotopic (exact) mass is 334 g/mol. The maximum absolute atomic E-state index is 13.0. The van der Waals surface area contributed by atoms with Gasteiger partial charge in [0.05, 0.1) is 12.5 Å². The van der Waals surface area contributed by atoms with Gasteiger partial charge in [-0.3, -0.25) is 9.78 Å². The zero-order chi connectivity index (χ0) is 17.7. The number of pyridine rings is 1. The summed E-state index contributed by atoms with van der Waals surface area (Å²) >= 11 is 0. The molecular formula is C18H26N2O4. The molecule has 1 N–H and O–H groups in total. The molecule has 6 heteroatoms. The number of nitrogens with zero attached hydrogens (tertiary/aromatic N) is 2. The second-order valence-electron chi connectivity index (χ2n) is 6.58. The number of aromatic nitrogens is 1. The van der Waals surface area contributed by atoms with Gasteiger partial charge in [-0.05, 0) is 30.5 Å². The Morgan fingerprint density at radius 1 is 1.29 bits per heavy atom. The second-order valence-corrected chi connectivity index (χ2v) is 6.58. The molecule has 0 aliphatic carbocycles. The van der Waals surface area contributed by atoms with Crippen LogP contribution in [0.15, 0.2) is 24.5 Å². The molecule has 0 aromatic carbocycles. The highest BCUT2D eigenvalue weighted by Gasteiger charge is 2.42. The molecule has 1 atom stereocenters. The van der Waals surface area contributed by atoms with Crippen LogP contribution in [0.3, 0.4) is 0 Å². The molecule has 2 heterocycles. The molecule has 1 unspecified atom stereocenters. The molecule has 0 bridgehead atoms. The van der Waals surface area contributed by atoms with Crippen molar-refractivity contribution in [2.75, 3.05) is 19.7 Å². The topological polar surface area (TPSA) is 79.7 Å². The van der Waals surface area contributed by atoms with Crippen LogP contribution < -0.4 is 0 Å².